The van der Waals surface area contributed by atoms with E-state index in [2.05, 4.69) is 9.72 Å². The van der Waals surface area contributed by atoms with Gasteiger partial charge in [-0.2, -0.15) is 0 Å². The number of rotatable bonds is 5. The number of hydrogen-bond acceptors (Lipinski definition) is 5. The maximum absolute atomic E-state index is 11.0. The number of hydrogen-bond donors (Lipinski definition) is 0. The molecule has 0 aromatic carbocycles. The first-order valence-corrected chi connectivity index (χ1v) is 5.78. The zero-order valence-corrected chi connectivity index (χ0v) is 10.0. The van der Waals surface area contributed by atoms with Gasteiger partial charge >= 0.3 is 5.97 Å². The van der Waals surface area contributed by atoms with E-state index in [4.69, 9.17) is 0 Å². The smallest absolute Gasteiger partial charge is 0.306 e. The SMILES string of the molecule is COC(=O)CCSc1ccc(C(C)=O)cn1. The van der Waals surface area contributed by atoms with Crippen LogP contribution in [0.2, 0.25) is 0 Å². The molecule has 0 bridgehead atoms. The normalized spacial score (nSPS) is 9.88. The second kappa shape index (κ2) is 6.27. The highest BCUT2D eigenvalue weighted by molar-refractivity contribution is 7.99. The van der Waals surface area contributed by atoms with Crippen LogP contribution in [0.5, 0.6) is 0 Å². The van der Waals surface area contributed by atoms with Crippen LogP contribution in [-0.4, -0.2) is 29.6 Å². The minimum Gasteiger partial charge on any atom is -0.469 e. The number of nitrogens with zero attached hydrogens (tertiary/aromatic N) is 1. The van der Waals surface area contributed by atoms with Gasteiger partial charge in [0.25, 0.3) is 0 Å². The second-order valence-corrected chi connectivity index (χ2v) is 4.23. The Labute approximate surface area is 98.4 Å². The molecule has 5 heteroatoms. The van der Waals surface area contributed by atoms with Crippen molar-refractivity contribution in [3.63, 3.8) is 0 Å². The number of ketones is 1. The van der Waals surface area contributed by atoms with E-state index in [9.17, 15) is 9.59 Å². The highest BCUT2D eigenvalue weighted by atomic mass is 32.2. The van der Waals surface area contributed by atoms with Crippen LogP contribution >= 0.6 is 11.8 Å². The van der Waals surface area contributed by atoms with E-state index in [1.807, 2.05) is 0 Å². The third kappa shape index (κ3) is 4.02. The van der Waals surface area contributed by atoms with Crippen LogP contribution in [0.25, 0.3) is 0 Å². The summed E-state index contributed by atoms with van der Waals surface area (Å²) < 4.78 is 4.52. The summed E-state index contributed by atoms with van der Waals surface area (Å²) in [5.74, 6) is 0.394. The van der Waals surface area contributed by atoms with Crippen molar-refractivity contribution >= 4 is 23.5 Å². The van der Waals surface area contributed by atoms with Crippen molar-refractivity contribution in [1.29, 1.82) is 0 Å². The van der Waals surface area contributed by atoms with E-state index in [0.717, 1.165) is 5.03 Å². The van der Waals surface area contributed by atoms with Gasteiger partial charge in [0.2, 0.25) is 0 Å². The third-order valence-electron chi connectivity index (χ3n) is 1.93. The Bertz CT molecular complexity index is 375. The first kappa shape index (κ1) is 12.7. The molecule has 0 saturated heterocycles. The fourth-order valence-corrected chi connectivity index (χ4v) is 1.78. The maximum atomic E-state index is 11.0. The Morgan fingerprint density at radius 1 is 1.44 bits per heavy atom. The molecule has 86 valence electrons. The summed E-state index contributed by atoms with van der Waals surface area (Å²) in [5, 5.41) is 0.800. The minimum absolute atomic E-state index is 0.00129. The number of esters is 1. The van der Waals surface area contributed by atoms with Crippen LogP contribution in [0.4, 0.5) is 0 Å². The van der Waals surface area contributed by atoms with E-state index in [1.165, 1.54) is 25.8 Å². The van der Waals surface area contributed by atoms with Gasteiger partial charge in [-0.05, 0) is 19.1 Å². The van der Waals surface area contributed by atoms with Crippen LogP contribution in [-0.2, 0) is 9.53 Å². The maximum Gasteiger partial charge on any atom is 0.306 e. The molecule has 0 aliphatic heterocycles. The van der Waals surface area contributed by atoms with Crippen LogP contribution in [0.1, 0.15) is 23.7 Å². The summed E-state index contributed by atoms with van der Waals surface area (Å²) in [6, 6.07) is 3.51. The van der Waals surface area contributed by atoms with Crippen LogP contribution < -0.4 is 0 Å². The lowest BCUT2D eigenvalue weighted by atomic mass is 10.2. The van der Waals surface area contributed by atoms with E-state index in [1.54, 1.807) is 18.3 Å². The first-order valence-electron chi connectivity index (χ1n) is 4.80. The van der Waals surface area contributed by atoms with Crippen LogP contribution in [0, 0.1) is 0 Å². The lowest BCUT2D eigenvalue weighted by Gasteiger charge is -2.01. The van der Waals surface area contributed by atoms with Gasteiger partial charge in [0.15, 0.2) is 5.78 Å². The van der Waals surface area contributed by atoms with Crippen molar-refractivity contribution in [1.82, 2.24) is 4.98 Å². The summed E-state index contributed by atoms with van der Waals surface area (Å²) in [7, 11) is 1.37. The summed E-state index contributed by atoms with van der Waals surface area (Å²) >= 11 is 1.46. The molecule has 0 saturated carbocycles. The molecule has 0 amide bonds. The molecule has 0 fully saturated rings. The van der Waals surface area contributed by atoms with Crippen LogP contribution in [0.3, 0.4) is 0 Å². The van der Waals surface area contributed by atoms with Gasteiger partial charge in [-0.25, -0.2) is 4.98 Å². The number of ether oxygens (including phenoxy) is 1. The van der Waals surface area contributed by atoms with Gasteiger partial charge in [0.1, 0.15) is 0 Å². The molecule has 0 atom stereocenters. The topological polar surface area (TPSA) is 56.3 Å². The monoisotopic (exact) mass is 239 g/mol. The lowest BCUT2D eigenvalue weighted by molar-refractivity contribution is -0.140. The van der Waals surface area contributed by atoms with Crippen LogP contribution in [0.15, 0.2) is 23.4 Å². The Hall–Kier alpha value is -1.36. The predicted octanol–water partition coefficient (Wildman–Crippen LogP) is 1.94. The van der Waals surface area contributed by atoms with Crippen molar-refractivity contribution in [2.75, 3.05) is 12.9 Å². The van der Waals surface area contributed by atoms with Gasteiger partial charge in [0.05, 0.1) is 18.6 Å². The Kier molecular flexibility index (Phi) is 4.98. The van der Waals surface area contributed by atoms with E-state index >= 15 is 0 Å². The number of methoxy groups -OCH3 is 1. The first-order chi connectivity index (χ1) is 7.63. The quantitative estimate of drug-likeness (QED) is 0.446. The molecule has 1 aromatic heterocycles. The Morgan fingerprint density at radius 2 is 2.19 bits per heavy atom. The highest BCUT2D eigenvalue weighted by Crippen LogP contribution is 2.16. The molecule has 1 aromatic rings. The molecule has 0 N–H and O–H groups in total. The largest absolute Gasteiger partial charge is 0.469 e. The third-order valence-corrected chi connectivity index (χ3v) is 2.87. The number of pyridine rings is 1. The van der Waals surface area contributed by atoms with E-state index in [-0.39, 0.29) is 11.8 Å². The summed E-state index contributed by atoms with van der Waals surface area (Å²) in [4.78, 5) is 25.9. The van der Waals surface area contributed by atoms with E-state index in [0.29, 0.717) is 17.7 Å². The van der Waals surface area contributed by atoms with Gasteiger partial charge in [0, 0.05) is 17.5 Å². The molecular weight excluding hydrogens is 226 g/mol. The molecule has 0 unspecified atom stereocenters. The van der Waals surface area contributed by atoms with Crippen molar-refractivity contribution < 1.29 is 14.3 Å². The number of aromatic nitrogens is 1. The number of carbonyl (C=O) groups excluding carboxylic acids is 2. The van der Waals surface area contributed by atoms with Crippen molar-refractivity contribution in [2.24, 2.45) is 0 Å². The standard InChI is InChI=1S/C11H13NO3S/c1-8(13)9-3-4-10(12-7-9)16-6-5-11(14)15-2/h3-4,7H,5-6H2,1-2H3. The molecule has 0 radical (unpaired) electrons. The van der Waals surface area contributed by atoms with Crippen molar-refractivity contribution in [2.45, 2.75) is 18.4 Å². The average molecular weight is 239 g/mol. The fourth-order valence-electron chi connectivity index (χ4n) is 1.01. The predicted molar refractivity (Wildman–Crippen MR) is 61.6 cm³/mol. The summed E-state index contributed by atoms with van der Waals surface area (Å²) in [6.45, 7) is 1.50. The summed E-state index contributed by atoms with van der Waals surface area (Å²) in [6.07, 6.45) is 1.90. The molecule has 0 spiro atoms. The zero-order valence-electron chi connectivity index (χ0n) is 9.23. The summed E-state index contributed by atoms with van der Waals surface area (Å²) in [5.41, 5.74) is 0.595. The van der Waals surface area contributed by atoms with Gasteiger partial charge < -0.3 is 4.74 Å². The van der Waals surface area contributed by atoms with Gasteiger partial charge in [-0.3, -0.25) is 9.59 Å². The Morgan fingerprint density at radius 3 is 2.69 bits per heavy atom. The number of Topliss-reactive ketones (excluding diaryl/α,β-unsaturated/α-hetero) is 1. The van der Waals surface area contributed by atoms with Crippen molar-refractivity contribution in [3.8, 4) is 0 Å². The molecule has 0 aliphatic rings. The van der Waals surface area contributed by atoms with E-state index < -0.39 is 0 Å². The molecule has 0 aliphatic carbocycles. The van der Waals surface area contributed by atoms with Gasteiger partial charge in [-0.1, -0.05) is 0 Å². The molecule has 1 rings (SSSR count). The Balaban J connectivity index is 2.43. The molecule has 4 nitrogen and oxygen atoms in total. The molecule has 16 heavy (non-hydrogen) atoms. The number of carbonyl (C=O) groups is 2. The lowest BCUT2D eigenvalue weighted by Crippen LogP contribution is -2.01. The molecular formula is C11H13NO3S. The van der Waals surface area contributed by atoms with Gasteiger partial charge in [-0.15, -0.1) is 11.8 Å². The highest BCUT2D eigenvalue weighted by Gasteiger charge is 2.03. The molecule has 1 heterocycles. The second-order valence-electron chi connectivity index (χ2n) is 3.12. The fraction of sp³-hybridized carbons (Fsp3) is 0.364. The number of thioether (sulfide) groups is 1. The van der Waals surface area contributed by atoms with Crippen molar-refractivity contribution in [3.05, 3.63) is 23.9 Å². The average Bonchev–Trinajstić information content (AvgIpc) is 2.29. The zero-order chi connectivity index (χ0) is 12.0. The minimum atomic E-state index is -0.229.